The van der Waals surface area contributed by atoms with Crippen molar-refractivity contribution in [1.82, 2.24) is 9.78 Å². The van der Waals surface area contributed by atoms with Crippen LogP contribution >= 0.6 is 0 Å². The quantitative estimate of drug-likeness (QED) is 0.789. The first-order chi connectivity index (χ1) is 7.77. The molecule has 82 valence electrons. The van der Waals surface area contributed by atoms with E-state index in [1.165, 1.54) is 23.2 Å². The number of anilines is 1. The molecule has 0 spiro atoms. The monoisotopic (exact) mass is 213 g/mol. The van der Waals surface area contributed by atoms with Gasteiger partial charge in [-0.25, -0.2) is 4.68 Å². The predicted molar refractivity (Wildman–Crippen MR) is 64.7 cm³/mol. The lowest BCUT2D eigenvalue weighted by Gasteiger charge is -2.08. The lowest BCUT2D eigenvalue weighted by molar-refractivity contribution is 0.805. The average Bonchev–Trinajstić information content (AvgIpc) is 2.83. The molecule has 3 heteroatoms. The summed E-state index contributed by atoms with van der Waals surface area (Å²) in [6, 6.07) is 8.20. The number of aromatic nitrogens is 2. The Kier molecular flexibility index (Phi) is 1.99. The number of nitrogens with zero attached hydrogens (tertiary/aromatic N) is 2. The number of hydrogen-bond acceptors (Lipinski definition) is 2. The van der Waals surface area contributed by atoms with Gasteiger partial charge in [-0.1, -0.05) is 18.2 Å². The molecule has 0 radical (unpaired) electrons. The van der Waals surface area contributed by atoms with Crippen molar-refractivity contribution < 1.29 is 0 Å². The van der Waals surface area contributed by atoms with Crippen LogP contribution in [-0.2, 0) is 12.8 Å². The summed E-state index contributed by atoms with van der Waals surface area (Å²) >= 11 is 0. The van der Waals surface area contributed by atoms with Crippen molar-refractivity contribution in [1.29, 1.82) is 0 Å². The van der Waals surface area contributed by atoms with Crippen LogP contribution in [0.4, 0.5) is 5.82 Å². The molecule has 0 bridgehead atoms. The van der Waals surface area contributed by atoms with E-state index >= 15 is 0 Å². The number of nitrogens with two attached hydrogens (primary N) is 1. The van der Waals surface area contributed by atoms with Gasteiger partial charge in [-0.2, -0.15) is 5.10 Å². The first kappa shape index (κ1) is 9.46. The fourth-order valence-corrected chi connectivity index (χ4v) is 2.40. The van der Waals surface area contributed by atoms with E-state index in [9.17, 15) is 0 Å². The molecule has 1 heterocycles. The molecule has 0 amide bonds. The van der Waals surface area contributed by atoms with Gasteiger partial charge in [0.1, 0.15) is 5.82 Å². The Balaban J connectivity index is 2.18. The number of para-hydroxylation sites is 1. The number of nitrogen functional groups attached to an aromatic ring is 1. The first-order valence-corrected chi connectivity index (χ1v) is 5.69. The van der Waals surface area contributed by atoms with E-state index in [0.717, 1.165) is 24.3 Å². The van der Waals surface area contributed by atoms with Gasteiger partial charge in [0.2, 0.25) is 0 Å². The zero-order chi connectivity index (χ0) is 11.1. The Morgan fingerprint density at radius 3 is 2.81 bits per heavy atom. The molecule has 0 unspecified atom stereocenters. The van der Waals surface area contributed by atoms with Crippen LogP contribution in [0.3, 0.4) is 0 Å². The van der Waals surface area contributed by atoms with Crippen molar-refractivity contribution in [3.05, 3.63) is 41.1 Å². The molecule has 16 heavy (non-hydrogen) atoms. The maximum Gasteiger partial charge on any atom is 0.130 e. The van der Waals surface area contributed by atoms with Crippen molar-refractivity contribution in [2.75, 3.05) is 5.73 Å². The zero-order valence-corrected chi connectivity index (χ0v) is 9.40. The lowest BCUT2D eigenvalue weighted by Crippen LogP contribution is -2.05. The molecule has 2 N–H and O–H groups in total. The van der Waals surface area contributed by atoms with Crippen molar-refractivity contribution >= 4 is 5.82 Å². The van der Waals surface area contributed by atoms with Gasteiger partial charge in [0.15, 0.2) is 0 Å². The Bertz CT molecular complexity index is 540. The highest BCUT2D eigenvalue weighted by atomic mass is 15.3. The van der Waals surface area contributed by atoms with Crippen LogP contribution < -0.4 is 5.73 Å². The topological polar surface area (TPSA) is 43.8 Å². The van der Waals surface area contributed by atoms with Crippen molar-refractivity contribution in [3.63, 3.8) is 0 Å². The van der Waals surface area contributed by atoms with Gasteiger partial charge in [-0.05, 0) is 37.8 Å². The van der Waals surface area contributed by atoms with Gasteiger partial charge in [-0.3, -0.25) is 0 Å². The minimum absolute atomic E-state index is 0.821. The maximum atomic E-state index is 6.16. The number of fused-ring (bicyclic) bond motifs is 1. The molecule has 0 saturated heterocycles. The summed E-state index contributed by atoms with van der Waals surface area (Å²) in [4.78, 5) is 0. The Hall–Kier alpha value is -1.77. The molecule has 0 aliphatic heterocycles. The van der Waals surface area contributed by atoms with E-state index in [1.54, 1.807) is 0 Å². The minimum atomic E-state index is 0.821. The van der Waals surface area contributed by atoms with Gasteiger partial charge in [-0.15, -0.1) is 0 Å². The highest BCUT2D eigenvalue weighted by Crippen LogP contribution is 2.29. The second-order valence-corrected chi connectivity index (χ2v) is 4.36. The highest BCUT2D eigenvalue weighted by Gasteiger charge is 2.21. The summed E-state index contributed by atoms with van der Waals surface area (Å²) in [6.45, 7) is 2.08. The molecule has 1 aromatic heterocycles. The Labute approximate surface area is 94.9 Å². The van der Waals surface area contributed by atoms with Crippen molar-refractivity contribution in [2.45, 2.75) is 26.2 Å². The molecule has 1 aliphatic rings. The fraction of sp³-hybridized carbons (Fsp3) is 0.308. The third kappa shape index (κ3) is 1.24. The molecule has 2 aromatic rings. The van der Waals surface area contributed by atoms with Crippen LogP contribution in [-0.4, -0.2) is 9.78 Å². The largest absolute Gasteiger partial charge is 0.383 e. The van der Waals surface area contributed by atoms with Crippen molar-refractivity contribution in [2.24, 2.45) is 0 Å². The van der Waals surface area contributed by atoms with E-state index in [0.29, 0.717) is 0 Å². The van der Waals surface area contributed by atoms with E-state index in [2.05, 4.69) is 24.2 Å². The molecule has 0 fully saturated rings. The molecule has 1 aliphatic carbocycles. The predicted octanol–water partition coefficient (Wildman–Crippen LogP) is 2.25. The SMILES string of the molecule is Cc1ccccc1-n1nc2c(c1N)CCC2. The molecule has 1 aromatic carbocycles. The third-order valence-corrected chi connectivity index (χ3v) is 3.29. The fourth-order valence-electron chi connectivity index (χ4n) is 2.40. The average molecular weight is 213 g/mol. The van der Waals surface area contributed by atoms with Crippen LogP contribution in [0.2, 0.25) is 0 Å². The van der Waals surface area contributed by atoms with Gasteiger partial charge >= 0.3 is 0 Å². The molecular formula is C13H15N3. The Morgan fingerprint density at radius 1 is 1.25 bits per heavy atom. The second kappa shape index (κ2) is 3.37. The van der Waals surface area contributed by atoms with Crippen molar-refractivity contribution in [3.8, 4) is 5.69 Å². The van der Waals surface area contributed by atoms with E-state index in [4.69, 9.17) is 5.73 Å². The second-order valence-electron chi connectivity index (χ2n) is 4.36. The number of benzene rings is 1. The summed E-state index contributed by atoms with van der Waals surface area (Å²) in [6.07, 6.45) is 3.34. The zero-order valence-electron chi connectivity index (χ0n) is 9.40. The number of aryl methyl sites for hydroxylation is 2. The minimum Gasteiger partial charge on any atom is -0.383 e. The number of rotatable bonds is 1. The lowest BCUT2D eigenvalue weighted by atomic mass is 10.2. The van der Waals surface area contributed by atoms with Crippen LogP contribution in [0.25, 0.3) is 5.69 Å². The third-order valence-electron chi connectivity index (χ3n) is 3.29. The highest BCUT2D eigenvalue weighted by molar-refractivity contribution is 5.53. The molecule has 0 atom stereocenters. The van der Waals surface area contributed by atoms with E-state index in [1.807, 2.05) is 16.8 Å². The van der Waals surface area contributed by atoms with Gasteiger partial charge in [0.05, 0.1) is 11.4 Å². The standard InChI is InChI=1S/C13H15N3/c1-9-5-2-3-8-12(9)16-13(14)10-6-4-7-11(10)15-16/h2-3,5,8H,4,6-7,14H2,1H3. The summed E-state index contributed by atoms with van der Waals surface area (Å²) in [5.41, 5.74) is 10.9. The summed E-state index contributed by atoms with van der Waals surface area (Å²) < 4.78 is 1.89. The normalized spacial score (nSPS) is 14.1. The molecular weight excluding hydrogens is 198 g/mol. The molecule has 0 saturated carbocycles. The van der Waals surface area contributed by atoms with Gasteiger partial charge < -0.3 is 5.73 Å². The summed E-state index contributed by atoms with van der Waals surface area (Å²) in [5.74, 6) is 0.821. The molecule has 3 rings (SSSR count). The van der Waals surface area contributed by atoms with Gasteiger partial charge in [0, 0.05) is 5.56 Å². The van der Waals surface area contributed by atoms with E-state index < -0.39 is 0 Å². The number of hydrogen-bond donors (Lipinski definition) is 1. The van der Waals surface area contributed by atoms with Crippen LogP contribution in [0.5, 0.6) is 0 Å². The first-order valence-electron chi connectivity index (χ1n) is 5.69. The van der Waals surface area contributed by atoms with Crippen LogP contribution in [0.1, 0.15) is 23.2 Å². The summed E-state index contributed by atoms with van der Waals surface area (Å²) in [5, 5.41) is 4.61. The van der Waals surface area contributed by atoms with E-state index in [-0.39, 0.29) is 0 Å². The molecule has 3 nitrogen and oxygen atoms in total. The van der Waals surface area contributed by atoms with Crippen LogP contribution in [0.15, 0.2) is 24.3 Å². The maximum absolute atomic E-state index is 6.16. The van der Waals surface area contributed by atoms with Gasteiger partial charge in [0.25, 0.3) is 0 Å². The van der Waals surface area contributed by atoms with Crippen LogP contribution in [0, 0.1) is 6.92 Å². The summed E-state index contributed by atoms with van der Waals surface area (Å²) in [7, 11) is 0. The smallest absolute Gasteiger partial charge is 0.130 e. The Morgan fingerprint density at radius 2 is 2.06 bits per heavy atom.